The number of hydrogen-bond acceptors (Lipinski definition) is 1. The van der Waals surface area contributed by atoms with Gasteiger partial charge in [-0.25, -0.2) is 4.98 Å². The monoisotopic (exact) mass is 297 g/mol. The molecule has 0 aliphatic heterocycles. The lowest BCUT2D eigenvalue weighted by Crippen LogP contribution is -1.94. The molecule has 0 saturated heterocycles. The smallest absolute Gasteiger partial charge is 0.110 e. The highest BCUT2D eigenvalue weighted by Gasteiger charge is 2.11. The molecule has 16 heavy (non-hydrogen) atoms. The van der Waals surface area contributed by atoms with Crippen molar-refractivity contribution in [2.45, 2.75) is 26.7 Å². The second-order valence-corrected chi connectivity index (χ2v) is 5.44. The van der Waals surface area contributed by atoms with Crippen LogP contribution in [0.3, 0.4) is 0 Å². The first-order valence-electron chi connectivity index (χ1n) is 5.26. The van der Waals surface area contributed by atoms with Crippen molar-refractivity contribution in [1.82, 2.24) is 4.98 Å². The number of halogens is 2. The molecule has 0 spiro atoms. The molecule has 0 aliphatic rings. The third kappa shape index (κ3) is 1.96. The normalized spacial score (nSPS) is 11.4. The van der Waals surface area contributed by atoms with Crippen LogP contribution in [0.15, 0.2) is 22.8 Å². The van der Waals surface area contributed by atoms with Crippen molar-refractivity contribution in [3.8, 4) is 0 Å². The van der Waals surface area contributed by atoms with Gasteiger partial charge in [0.05, 0.1) is 5.52 Å². The van der Waals surface area contributed by atoms with Gasteiger partial charge in [0.2, 0.25) is 0 Å². The Balaban J connectivity index is 2.84. The van der Waals surface area contributed by atoms with E-state index in [1.54, 1.807) is 0 Å². The Morgan fingerprint density at radius 1 is 1.31 bits per heavy atom. The minimum Gasteiger partial charge on any atom is -0.240 e. The minimum absolute atomic E-state index is 0.433. The molecule has 84 valence electrons. The summed E-state index contributed by atoms with van der Waals surface area (Å²) >= 11 is 9.73. The van der Waals surface area contributed by atoms with Crippen molar-refractivity contribution in [3.63, 3.8) is 0 Å². The first-order valence-corrected chi connectivity index (χ1v) is 6.43. The van der Waals surface area contributed by atoms with E-state index in [0.29, 0.717) is 5.92 Å². The summed E-state index contributed by atoms with van der Waals surface area (Å²) in [7, 11) is 0. The Hall–Kier alpha value is -0.600. The van der Waals surface area contributed by atoms with E-state index >= 15 is 0 Å². The van der Waals surface area contributed by atoms with Gasteiger partial charge in [-0.3, -0.25) is 0 Å². The number of aromatic nitrogens is 1. The molecule has 3 heteroatoms. The number of rotatable bonds is 1. The summed E-state index contributed by atoms with van der Waals surface area (Å²) in [6.07, 6.45) is 0. The molecule has 1 heterocycles. The van der Waals surface area contributed by atoms with Gasteiger partial charge >= 0.3 is 0 Å². The Morgan fingerprint density at radius 2 is 2.00 bits per heavy atom. The maximum absolute atomic E-state index is 6.20. The highest BCUT2D eigenvalue weighted by Crippen LogP contribution is 2.31. The van der Waals surface area contributed by atoms with E-state index in [-0.39, 0.29) is 0 Å². The summed E-state index contributed by atoms with van der Waals surface area (Å²) in [5.74, 6) is 0.433. The van der Waals surface area contributed by atoms with Crippen molar-refractivity contribution >= 4 is 38.4 Å². The highest BCUT2D eigenvalue weighted by molar-refractivity contribution is 9.10. The lowest BCUT2D eigenvalue weighted by atomic mass is 10.0. The first kappa shape index (κ1) is 11.9. The van der Waals surface area contributed by atoms with Crippen molar-refractivity contribution in [2.24, 2.45) is 0 Å². The molecule has 1 aromatic heterocycles. The standard InChI is InChI=1S/C13H13BrClN/c1-7(2)9-6-10-11(15)5-4-8(3)12(10)16-13(9)14/h4-7H,1-3H3. The summed E-state index contributed by atoms with van der Waals surface area (Å²) in [5.41, 5.74) is 3.32. The van der Waals surface area contributed by atoms with Gasteiger partial charge in [0, 0.05) is 10.4 Å². The van der Waals surface area contributed by atoms with E-state index in [1.165, 1.54) is 5.56 Å². The fraction of sp³-hybridized carbons (Fsp3) is 0.308. The van der Waals surface area contributed by atoms with E-state index in [2.05, 4.69) is 40.8 Å². The largest absolute Gasteiger partial charge is 0.240 e. The Morgan fingerprint density at radius 3 is 2.62 bits per heavy atom. The molecule has 1 nitrogen and oxygen atoms in total. The van der Waals surface area contributed by atoms with E-state index < -0.39 is 0 Å². The second-order valence-electron chi connectivity index (χ2n) is 4.28. The lowest BCUT2D eigenvalue weighted by molar-refractivity contribution is 0.854. The molecule has 2 aromatic rings. The minimum atomic E-state index is 0.433. The average Bonchev–Trinajstić information content (AvgIpc) is 2.23. The topological polar surface area (TPSA) is 12.9 Å². The SMILES string of the molecule is Cc1ccc(Cl)c2cc(C(C)C)c(Br)nc12. The summed E-state index contributed by atoms with van der Waals surface area (Å²) in [5, 5.41) is 1.80. The second kappa shape index (κ2) is 4.34. The summed E-state index contributed by atoms with van der Waals surface area (Å²) in [4.78, 5) is 4.59. The molecule has 0 unspecified atom stereocenters. The fourth-order valence-electron chi connectivity index (χ4n) is 1.76. The van der Waals surface area contributed by atoms with Gasteiger partial charge in [-0.2, -0.15) is 0 Å². The average molecular weight is 299 g/mol. The van der Waals surface area contributed by atoms with Crippen LogP contribution in [0.5, 0.6) is 0 Å². The van der Waals surface area contributed by atoms with Crippen molar-refractivity contribution in [3.05, 3.63) is 39.0 Å². The molecule has 0 fully saturated rings. The summed E-state index contributed by atoms with van der Waals surface area (Å²) in [6.45, 7) is 6.35. The third-order valence-corrected chi connectivity index (χ3v) is 3.70. The van der Waals surface area contributed by atoms with Gasteiger partial charge in [0.15, 0.2) is 0 Å². The van der Waals surface area contributed by atoms with Crippen molar-refractivity contribution in [1.29, 1.82) is 0 Å². The van der Waals surface area contributed by atoms with Crippen LogP contribution in [0.2, 0.25) is 5.02 Å². The van der Waals surface area contributed by atoms with Gasteiger partial charge < -0.3 is 0 Å². The van der Waals surface area contributed by atoms with Crippen LogP contribution in [-0.2, 0) is 0 Å². The van der Waals surface area contributed by atoms with E-state index in [1.807, 2.05) is 19.1 Å². The lowest BCUT2D eigenvalue weighted by Gasteiger charge is -2.11. The third-order valence-electron chi connectivity index (χ3n) is 2.74. The molecular formula is C13H13BrClN. The van der Waals surface area contributed by atoms with E-state index in [4.69, 9.17) is 11.6 Å². The molecule has 0 bridgehead atoms. The fourth-order valence-corrected chi connectivity index (χ4v) is 2.72. The summed E-state index contributed by atoms with van der Waals surface area (Å²) in [6, 6.07) is 6.06. The molecule has 0 aliphatic carbocycles. The van der Waals surface area contributed by atoms with Crippen LogP contribution in [0, 0.1) is 6.92 Å². The van der Waals surface area contributed by atoms with Crippen molar-refractivity contribution < 1.29 is 0 Å². The molecule has 1 aromatic carbocycles. The molecule has 0 N–H and O–H groups in total. The molecule has 0 radical (unpaired) electrons. The predicted octanol–water partition coefficient (Wildman–Crippen LogP) is 5.08. The number of aryl methyl sites for hydroxylation is 1. The highest BCUT2D eigenvalue weighted by atomic mass is 79.9. The number of pyridine rings is 1. The molecule has 2 rings (SSSR count). The van der Waals surface area contributed by atoms with Gasteiger partial charge in [0.1, 0.15) is 4.60 Å². The zero-order valence-corrected chi connectivity index (χ0v) is 11.9. The quantitative estimate of drug-likeness (QED) is 0.669. The van der Waals surface area contributed by atoms with Crippen LogP contribution < -0.4 is 0 Å². The molecule has 0 saturated carbocycles. The van der Waals surface area contributed by atoms with Crippen LogP contribution in [0.4, 0.5) is 0 Å². The maximum atomic E-state index is 6.20. The molecule has 0 atom stereocenters. The Bertz CT molecular complexity index is 549. The van der Waals surface area contributed by atoms with Crippen molar-refractivity contribution in [2.75, 3.05) is 0 Å². The van der Waals surface area contributed by atoms with Crippen LogP contribution in [-0.4, -0.2) is 4.98 Å². The first-order chi connectivity index (χ1) is 7.50. The maximum Gasteiger partial charge on any atom is 0.110 e. The van der Waals surface area contributed by atoms with Gasteiger partial charge in [-0.05, 0) is 52.0 Å². The van der Waals surface area contributed by atoms with Gasteiger partial charge in [-0.15, -0.1) is 0 Å². The predicted molar refractivity (Wildman–Crippen MR) is 73.3 cm³/mol. The van der Waals surface area contributed by atoms with Gasteiger partial charge in [0.25, 0.3) is 0 Å². The Labute approximate surface area is 109 Å². The van der Waals surface area contributed by atoms with E-state index in [9.17, 15) is 0 Å². The van der Waals surface area contributed by atoms with Crippen LogP contribution >= 0.6 is 27.5 Å². The van der Waals surface area contributed by atoms with Crippen LogP contribution in [0.1, 0.15) is 30.9 Å². The van der Waals surface area contributed by atoms with E-state index in [0.717, 1.165) is 26.1 Å². The Kier molecular flexibility index (Phi) is 3.22. The number of nitrogens with zero attached hydrogens (tertiary/aromatic N) is 1. The zero-order chi connectivity index (χ0) is 11.9. The number of hydrogen-bond donors (Lipinski definition) is 0. The van der Waals surface area contributed by atoms with Gasteiger partial charge in [-0.1, -0.05) is 31.5 Å². The molecular weight excluding hydrogens is 286 g/mol. The molecule has 0 amide bonds. The number of benzene rings is 1. The summed E-state index contributed by atoms with van der Waals surface area (Å²) < 4.78 is 0.917. The zero-order valence-electron chi connectivity index (χ0n) is 9.51. The van der Waals surface area contributed by atoms with Crippen LogP contribution in [0.25, 0.3) is 10.9 Å². The number of fused-ring (bicyclic) bond motifs is 1.